The molecule has 6 nitrogen and oxygen atoms in total. The number of nitrogens with one attached hydrogen (secondary N) is 1. The molecule has 1 fully saturated rings. The van der Waals surface area contributed by atoms with Gasteiger partial charge in [-0.1, -0.05) is 12.1 Å². The SMILES string of the molecule is CS(=O)(=O)CCNC(=O)C1CC(=O)N(Cc2cccc(C(F)(F)F)c2)C1. The molecular weight excluding hydrogens is 373 g/mol. The van der Waals surface area contributed by atoms with Gasteiger partial charge in [-0.2, -0.15) is 13.2 Å². The fourth-order valence-corrected chi connectivity index (χ4v) is 3.14. The smallest absolute Gasteiger partial charge is 0.355 e. The second kappa shape index (κ2) is 7.65. The number of hydrogen-bond acceptors (Lipinski definition) is 4. The number of halogens is 3. The number of likely N-dealkylation sites (tertiary alicyclic amines) is 1. The number of hydrogen-bond donors (Lipinski definition) is 1. The van der Waals surface area contributed by atoms with Gasteiger partial charge in [0.15, 0.2) is 0 Å². The Kier molecular flexibility index (Phi) is 5.94. The standard InChI is InChI=1S/C16H19F3N2O4S/c1-26(24,25)6-5-20-15(23)12-8-14(22)21(10-12)9-11-3-2-4-13(7-11)16(17,18)19/h2-4,7,12H,5-6,8-10H2,1H3,(H,20,23). The van der Waals surface area contributed by atoms with Crippen molar-refractivity contribution in [2.75, 3.05) is 25.1 Å². The van der Waals surface area contributed by atoms with Crippen LogP contribution in [0.5, 0.6) is 0 Å². The van der Waals surface area contributed by atoms with Gasteiger partial charge < -0.3 is 10.2 Å². The number of sulfone groups is 1. The summed E-state index contributed by atoms with van der Waals surface area (Å²) in [7, 11) is -3.21. The van der Waals surface area contributed by atoms with Gasteiger partial charge >= 0.3 is 6.18 Å². The molecule has 1 atom stereocenters. The fraction of sp³-hybridized carbons (Fsp3) is 0.500. The first kappa shape index (κ1) is 20.2. The molecule has 2 rings (SSSR count). The van der Waals surface area contributed by atoms with E-state index in [1.54, 1.807) is 0 Å². The zero-order valence-corrected chi connectivity index (χ0v) is 14.9. The molecule has 144 valence electrons. The third-order valence-corrected chi connectivity index (χ3v) is 4.93. The molecular formula is C16H19F3N2O4S. The van der Waals surface area contributed by atoms with Crippen molar-refractivity contribution < 1.29 is 31.2 Å². The van der Waals surface area contributed by atoms with E-state index < -0.39 is 33.4 Å². The average Bonchev–Trinajstić information content (AvgIpc) is 2.86. The first-order valence-electron chi connectivity index (χ1n) is 7.85. The summed E-state index contributed by atoms with van der Waals surface area (Å²) in [4.78, 5) is 25.4. The lowest BCUT2D eigenvalue weighted by Gasteiger charge is -2.17. The van der Waals surface area contributed by atoms with Crippen LogP contribution in [0.25, 0.3) is 0 Å². The van der Waals surface area contributed by atoms with E-state index in [9.17, 15) is 31.2 Å². The van der Waals surface area contributed by atoms with Crippen molar-refractivity contribution in [1.82, 2.24) is 10.2 Å². The average molecular weight is 392 g/mol. The van der Waals surface area contributed by atoms with Crippen LogP contribution in [0.4, 0.5) is 13.2 Å². The van der Waals surface area contributed by atoms with Gasteiger partial charge in [0.05, 0.1) is 17.2 Å². The van der Waals surface area contributed by atoms with Crippen LogP contribution in [0.15, 0.2) is 24.3 Å². The monoisotopic (exact) mass is 392 g/mol. The van der Waals surface area contributed by atoms with E-state index in [0.29, 0.717) is 5.56 Å². The molecule has 10 heteroatoms. The van der Waals surface area contributed by atoms with Gasteiger partial charge in [-0.3, -0.25) is 9.59 Å². The van der Waals surface area contributed by atoms with Crippen molar-refractivity contribution in [2.24, 2.45) is 5.92 Å². The van der Waals surface area contributed by atoms with E-state index in [1.165, 1.54) is 17.0 Å². The molecule has 0 radical (unpaired) electrons. The van der Waals surface area contributed by atoms with Crippen molar-refractivity contribution in [3.05, 3.63) is 35.4 Å². The summed E-state index contributed by atoms with van der Waals surface area (Å²) in [6.07, 6.45) is -3.47. The molecule has 1 aliphatic heterocycles. The lowest BCUT2D eigenvalue weighted by atomic mass is 10.1. The number of carbonyl (C=O) groups is 2. The van der Waals surface area contributed by atoms with Gasteiger partial charge in [0.1, 0.15) is 9.84 Å². The molecule has 1 unspecified atom stereocenters. The highest BCUT2D eigenvalue weighted by Gasteiger charge is 2.35. The van der Waals surface area contributed by atoms with Crippen molar-refractivity contribution in [1.29, 1.82) is 0 Å². The highest BCUT2D eigenvalue weighted by molar-refractivity contribution is 7.90. The Balaban J connectivity index is 1.94. The van der Waals surface area contributed by atoms with Crippen LogP contribution in [0.3, 0.4) is 0 Å². The predicted octanol–water partition coefficient (Wildman–Crippen LogP) is 1.21. The van der Waals surface area contributed by atoms with Crippen LogP contribution in [-0.4, -0.2) is 50.2 Å². The summed E-state index contributed by atoms with van der Waals surface area (Å²) in [5, 5.41) is 2.47. The maximum Gasteiger partial charge on any atom is 0.416 e. The van der Waals surface area contributed by atoms with Gasteiger partial charge in [0.2, 0.25) is 11.8 Å². The van der Waals surface area contributed by atoms with Crippen LogP contribution >= 0.6 is 0 Å². The van der Waals surface area contributed by atoms with E-state index in [-0.39, 0.29) is 37.7 Å². The van der Waals surface area contributed by atoms with E-state index in [4.69, 9.17) is 0 Å². The molecule has 0 aromatic heterocycles. The Morgan fingerprint density at radius 2 is 2.04 bits per heavy atom. The lowest BCUT2D eigenvalue weighted by Crippen LogP contribution is -2.35. The van der Waals surface area contributed by atoms with E-state index in [0.717, 1.165) is 18.4 Å². The topological polar surface area (TPSA) is 83.5 Å². The number of nitrogens with zero attached hydrogens (tertiary/aromatic N) is 1. The minimum Gasteiger partial charge on any atom is -0.355 e. The fourth-order valence-electron chi connectivity index (χ4n) is 2.67. The molecule has 1 saturated heterocycles. The highest BCUT2D eigenvalue weighted by Crippen LogP contribution is 2.30. The quantitative estimate of drug-likeness (QED) is 0.789. The molecule has 1 heterocycles. The Labute approximate surface area is 149 Å². The summed E-state index contributed by atoms with van der Waals surface area (Å²) in [6, 6.07) is 4.69. The first-order valence-corrected chi connectivity index (χ1v) is 9.91. The van der Waals surface area contributed by atoms with Crippen molar-refractivity contribution in [3.63, 3.8) is 0 Å². The molecule has 0 spiro atoms. The summed E-state index contributed by atoms with van der Waals surface area (Å²) in [6.45, 7) is 0.0195. The number of rotatable bonds is 6. The second-order valence-electron chi connectivity index (χ2n) is 6.29. The van der Waals surface area contributed by atoms with Crippen LogP contribution in [0, 0.1) is 5.92 Å². The van der Waals surface area contributed by atoms with Gasteiger partial charge in [0, 0.05) is 32.3 Å². The zero-order chi connectivity index (χ0) is 19.5. The predicted molar refractivity (Wildman–Crippen MR) is 87.7 cm³/mol. The van der Waals surface area contributed by atoms with Gasteiger partial charge in [-0.25, -0.2) is 8.42 Å². The largest absolute Gasteiger partial charge is 0.416 e. The molecule has 1 aromatic rings. The first-order chi connectivity index (χ1) is 12.0. The van der Waals surface area contributed by atoms with Gasteiger partial charge in [-0.15, -0.1) is 0 Å². The zero-order valence-electron chi connectivity index (χ0n) is 14.0. The van der Waals surface area contributed by atoms with E-state index in [1.807, 2.05) is 0 Å². The minimum absolute atomic E-state index is 0.0180. The molecule has 0 bridgehead atoms. The molecule has 2 amide bonds. The molecule has 0 saturated carbocycles. The Hall–Kier alpha value is -2.10. The minimum atomic E-state index is -4.47. The summed E-state index contributed by atoms with van der Waals surface area (Å²) in [5.74, 6) is -1.61. The summed E-state index contributed by atoms with van der Waals surface area (Å²) in [5.41, 5.74) is -0.469. The Bertz CT molecular complexity index is 793. The molecule has 1 aromatic carbocycles. The summed E-state index contributed by atoms with van der Waals surface area (Å²) < 4.78 is 60.3. The number of benzene rings is 1. The van der Waals surface area contributed by atoms with E-state index >= 15 is 0 Å². The third kappa shape index (κ3) is 5.72. The van der Waals surface area contributed by atoms with Crippen LogP contribution in [-0.2, 0) is 32.1 Å². The van der Waals surface area contributed by atoms with Crippen molar-refractivity contribution in [3.8, 4) is 0 Å². The Morgan fingerprint density at radius 3 is 2.65 bits per heavy atom. The summed E-state index contributed by atoms with van der Waals surface area (Å²) >= 11 is 0. The number of alkyl halides is 3. The number of carbonyl (C=O) groups excluding carboxylic acids is 2. The van der Waals surface area contributed by atoms with E-state index in [2.05, 4.69) is 5.32 Å². The molecule has 26 heavy (non-hydrogen) atoms. The molecule has 0 aliphatic carbocycles. The normalized spacial score (nSPS) is 18.2. The van der Waals surface area contributed by atoms with Crippen molar-refractivity contribution >= 4 is 21.7 Å². The van der Waals surface area contributed by atoms with Gasteiger partial charge in [0.25, 0.3) is 0 Å². The van der Waals surface area contributed by atoms with Crippen LogP contribution < -0.4 is 5.32 Å². The van der Waals surface area contributed by atoms with Crippen LogP contribution in [0.2, 0.25) is 0 Å². The lowest BCUT2D eigenvalue weighted by molar-refractivity contribution is -0.137. The maximum absolute atomic E-state index is 12.8. The van der Waals surface area contributed by atoms with Gasteiger partial charge in [-0.05, 0) is 17.7 Å². The maximum atomic E-state index is 12.8. The molecule has 1 aliphatic rings. The van der Waals surface area contributed by atoms with Crippen molar-refractivity contribution in [2.45, 2.75) is 19.1 Å². The number of amides is 2. The van der Waals surface area contributed by atoms with Crippen LogP contribution in [0.1, 0.15) is 17.5 Å². The molecule has 1 N–H and O–H groups in total. The highest BCUT2D eigenvalue weighted by atomic mass is 32.2. The third-order valence-electron chi connectivity index (χ3n) is 3.99. The second-order valence-corrected chi connectivity index (χ2v) is 8.55. The Morgan fingerprint density at radius 1 is 1.35 bits per heavy atom.